The number of halogens is 1. The van der Waals surface area contributed by atoms with Crippen LogP contribution in [0.15, 0.2) is 53.5 Å². The molecular formula is C25H24ClN5O2S. The van der Waals surface area contributed by atoms with E-state index in [1.807, 2.05) is 26.0 Å². The maximum Gasteiger partial charge on any atom is 0.227 e. The number of carbonyl (C=O) groups is 1. The van der Waals surface area contributed by atoms with Crippen LogP contribution in [0.1, 0.15) is 34.9 Å². The predicted molar refractivity (Wildman–Crippen MR) is 140 cm³/mol. The number of phenols is 1. The summed E-state index contributed by atoms with van der Waals surface area (Å²) in [4.78, 5) is 20.5. The molecule has 0 unspecified atom stereocenters. The largest absolute Gasteiger partial charge is 0.508 e. The zero-order valence-electron chi connectivity index (χ0n) is 18.9. The highest BCUT2D eigenvalue weighted by atomic mass is 35.5. The average molecular weight is 494 g/mol. The molecule has 1 aliphatic heterocycles. The van der Waals surface area contributed by atoms with Gasteiger partial charge in [0.1, 0.15) is 28.5 Å². The third-order valence-electron chi connectivity index (χ3n) is 5.61. The predicted octanol–water partition coefficient (Wildman–Crippen LogP) is 5.75. The molecule has 0 radical (unpaired) electrons. The van der Waals surface area contributed by atoms with Crippen molar-refractivity contribution in [1.29, 1.82) is 10.8 Å². The van der Waals surface area contributed by atoms with Crippen molar-refractivity contribution in [3.63, 3.8) is 0 Å². The summed E-state index contributed by atoms with van der Waals surface area (Å²) in [5, 5.41) is 31.1. The van der Waals surface area contributed by atoms with Gasteiger partial charge >= 0.3 is 0 Å². The molecule has 0 spiro atoms. The Hall–Kier alpha value is -3.49. The van der Waals surface area contributed by atoms with Gasteiger partial charge in [-0.3, -0.25) is 25.5 Å². The molecular weight excluding hydrogens is 470 g/mol. The average Bonchev–Trinajstić information content (AvgIpc) is 2.98. The molecule has 0 bridgehead atoms. The number of nitrogens with one attached hydrogen (secondary N) is 3. The number of amidine groups is 2. The minimum absolute atomic E-state index is 0.0453. The summed E-state index contributed by atoms with van der Waals surface area (Å²) >= 11 is 7.62. The lowest BCUT2D eigenvalue weighted by Gasteiger charge is -2.24. The van der Waals surface area contributed by atoms with Crippen molar-refractivity contribution in [3.05, 3.63) is 75.1 Å². The highest BCUT2D eigenvalue weighted by Gasteiger charge is 2.34. The second kappa shape index (κ2) is 9.40. The van der Waals surface area contributed by atoms with Gasteiger partial charge in [-0.25, -0.2) is 0 Å². The topological polar surface area (TPSA) is 113 Å². The molecule has 0 saturated carbocycles. The van der Waals surface area contributed by atoms with Crippen LogP contribution in [0.5, 0.6) is 5.75 Å². The summed E-state index contributed by atoms with van der Waals surface area (Å²) < 4.78 is 0. The number of hydrogen-bond donors (Lipinski definition) is 4. The SMILES string of the molecule is CC(=N)N1C(=N)[C@H](CC(=O)Nc2cccc(O)c2)N=C(c2ccc(Cl)cc2)c2c1sc(C)c2C. The maximum absolute atomic E-state index is 12.9. The molecule has 3 aromatic rings. The number of nitrogens with zero attached hydrogens (tertiary/aromatic N) is 2. The Morgan fingerprint density at radius 1 is 1.24 bits per heavy atom. The fourth-order valence-electron chi connectivity index (χ4n) is 3.86. The van der Waals surface area contributed by atoms with E-state index in [0.29, 0.717) is 16.4 Å². The Labute approximate surface area is 206 Å². The summed E-state index contributed by atoms with van der Waals surface area (Å²) in [6.45, 7) is 5.64. The van der Waals surface area contributed by atoms with Crippen LogP contribution in [-0.4, -0.2) is 34.4 Å². The van der Waals surface area contributed by atoms with Crippen molar-refractivity contribution in [2.45, 2.75) is 33.2 Å². The second-order valence-corrected chi connectivity index (χ2v) is 9.71. The van der Waals surface area contributed by atoms with E-state index in [-0.39, 0.29) is 29.7 Å². The molecule has 9 heteroatoms. The van der Waals surface area contributed by atoms with Gasteiger partial charge in [0.05, 0.1) is 12.1 Å². The fraction of sp³-hybridized carbons (Fsp3) is 0.200. The van der Waals surface area contributed by atoms with Crippen LogP contribution in [0, 0.1) is 24.7 Å². The van der Waals surface area contributed by atoms with Crippen molar-refractivity contribution in [1.82, 2.24) is 0 Å². The van der Waals surface area contributed by atoms with Gasteiger partial charge < -0.3 is 10.4 Å². The van der Waals surface area contributed by atoms with Gasteiger partial charge in [-0.15, -0.1) is 11.3 Å². The number of amides is 1. The van der Waals surface area contributed by atoms with E-state index >= 15 is 0 Å². The standard InChI is InChI=1S/C25H24ClN5O2S/c1-13-14(2)34-25-22(13)23(16-7-9-17(26)10-8-16)30-20(24(28)31(25)15(3)27)12-21(33)29-18-5-4-6-19(32)11-18/h4-11,20,27-28,32H,12H2,1-3H3,(H,29,33)/t20-/m0/s1. The van der Waals surface area contributed by atoms with Crippen LogP contribution >= 0.6 is 22.9 Å². The number of thiophene rings is 1. The van der Waals surface area contributed by atoms with Gasteiger partial charge in [0, 0.05) is 32.8 Å². The molecule has 7 nitrogen and oxygen atoms in total. The van der Waals surface area contributed by atoms with E-state index in [1.54, 1.807) is 36.1 Å². The molecule has 4 N–H and O–H groups in total. The fourth-order valence-corrected chi connectivity index (χ4v) is 5.21. The van der Waals surface area contributed by atoms with Gasteiger partial charge in [-0.05, 0) is 50.6 Å². The smallest absolute Gasteiger partial charge is 0.227 e. The third-order valence-corrected chi connectivity index (χ3v) is 7.05. The molecule has 0 aliphatic carbocycles. The van der Waals surface area contributed by atoms with Crippen molar-refractivity contribution in [3.8, 4) is 5.75 Å². The normalized spacial score (nSPS) is 15.4. The van der Waals surface area contributed by atoms with Gasteiger partial charge in [-0.1, -0.05) is 29.8 Å². The lowest BCUT2D eigenvalue weighted by Crippen LogP contribution is -2.41. The van der Waals surface area contributed by atoms with Crippen LogP contribution in [0.4, 0.5) is 10.7 Å². The minimum Gasteiger partial charge on any atom is -0.508 e. The summed E-state index contributed by atoms with van der Waals surface area (Å²) in [6.07, 6.45) is -0.0949. The molecule has 1 atom stereocenters. The molecule has 1 amide bonds. The molecule has 4 rings (SSSR count). The molecule has 2 heterocycles. The monoisotopic (exact) mass is 493 g/mol. The molecule has 0 fully saturated rings. The molecule has 1 aliphatic rings. The first-order valence-corrected chi connectivity index (χ1v) is 11.8. The highest BCUT2D eigenvalue weighted by molar-refractivity contribution is 7.17. The Bertz CT molecular complexity index is 1330. The third kappa shape index (κ3) is 4.60. The van der Waals surface area contributed by atoms with Crippen molar-refractivity contribution in [2.75, 3.05) is 10.2 Å². The summed E-state index contributed by atoms with van der Waals surface area (Å²) in [7, 11) is 0. The van der Waals surface area contributed by atoms with Crippen molar-refractivity contribution < 1.29 is 9.90 Å². The molecule has 0 saturated heterocycles. The second-order valence-electron chi connectivity index (χ2n) is 8.07. The Kier molecular flexibility index (Phi) is 6.54. The molecule has 34 heavy (non-hydrogen) atoms. The van der Waals surface area contributed by atoms with Gasteiger partial charge in [0.15, 0.2) is 0 Å². The van der Waals surface area contributed by atoms with Gasteiger partial charge in [-0.2, -0.15) is 0 Å². The number of phenolic OH excluding ortho intramolecular Hbond substituents is 1. The number of aliphatic imine (C=N–C) groups is 1. The number of hydrogen-bond acceptors (Lipinski definition) is 6. The van der Waals surface area contributed by atoms with E-state index in [0.717, 1.165) is 26.6 Å². The lowest BCUT2D eigenvalue weighted by molar-refractivity contribution is -0.116. The number of fused-ring (bicyclic) bond motifs is 1. The number of anilines is 2. The number of rotatable bonds is 4. The van der Waals surface area contributed by atoms with Crippen LogP contribution in [0.3, 0.4) is 0 Å². The molecule has 1 aromatic heterocycles. The lowest BCUT2D eigenvalue weighted by atomic mass is 9.99. The summed E-state index contributed by atoms with van der Waals surface area (Å²) in [5.74, 6) is -0.0623. The number of carbonyl (C=O) groups excluding carboxylic acids is 1. The van der Waals surface area contributed by atoms with Crippen LogP contribution in [-0.2, 0) is 4.79 Å². The first kappa shape index (κ1) is 23.7. The number of benzene rings is 2. The Morgan fingerprint density at radius 2 is 1.94 bits per heavy atom. The van der Waals surface area contributed by atoms with Gasteiger partial charge in [0.25, 0.3) is 0 Å². The van der Waals surface area contributed by atoms with Crippen molar-refractivity contribution in [2.24, 2.45) is 4.99 Å². The number of aryl methyl sites for hydroxylation is 1. The summed E-state index contributed by atoms with van der Waals surface area (Å²) in [5.41, 5.74) is 3.83. The highest BCUT2D eigenvalue weighted by Crippen LogP contribution is 2.40. The van der Waals surface area contributed by atoms with Gasteiger partial charge in [0.2, 0.25) is 5.91 Å². The van der Waals surface area contributed by atoms with E-state index in [1.165, 1.54) is 23.5 Å². The quantitative estimate of drug-likeness (QED) is 0.274. The Morgan fingerprint density at radius 3 is 2.59 bits per heavy atom. The van der Waals surface area contributed by atoms with E-state index in [4.69, 9.17) is 27.4 Å². The van der Waals surface area contributed by atoms with Crippen molar-refractivity contribution >= 4 is 56.9 Å². The van der Waals surface area contributed by atoms with Crippen LogP contribution < -0.4 is 10.2 Å². The maximum atomic E-state index is 12.9. The van der Waals surface area contributed by atoms with E-state index in [9.17, 15) is 9.90 Å². The van der Waals surface area contributed by atoms with E-state index < -0.39 is 6.04 Å². The molecule has 2 aromatic carbocycles. The molecule has 174 valence electrons. The van der Waals surface area contributed by atoms with Crippen LogP contribution in [0.25, 0.3) is 0 Å². The minimum atomic E-state index is -0.817. The Balaban J connectivity index is 1.80. The first-order valence-electron chi connectivity index (χ1n) is 10.6. The zero-order chi connectivity index (χ0) is 24.6. The van der Waals surface area contributed by atoms with E-state index in [2.05, 4.69) is 5.32 Å². The van der Waals surface area contributed by atoms with Crippen LogP contribution in [0.2, 0.25) is 5.02 Å². The zero-order valence-corrected chi connectivity index (χ0v) is 20.5. The first-order chi connectivity index (χ1) is 16.2. The summed E-state index contributed by atoms with van der Waals surface area (Å²) in [6, 6.07) is 12.8. The number of aromatic hydroxyl groups is 1.